The van der Waals surface area contributed by atoms with Gasteiger partial charge in [0, 0.05) is 30.3 Å². The van der Waals surface area contributed by atoms with Crippen molar-refractivity contribution in [1.82, 2.24) is 9.97 Å². The van der Waals surface area contributed by atoms with Crippen LogP contribution in [0, 0.1) is 5.82 Å². The first-order valence-corrected chi connectivity index (χ1v) is 8.75. The summed E-state index contributed by atoms with van der Waals surface area (Å²) in [5.41, 5.74) is 2.72. The number of hydrogen-bond donors (Lipinski definition) is 0. The van der Waals surface area contributed by atoms with E-state index in [2.05, 4.69) is 4.90 Å². The summed E-state index contributed by atoms with van der Waals surface area (Å²) < 4.78 is 13.3. The smallest absolute Gasteiger partial charge is 0.162 e. The van der Waals surface area contributed by atoms with Crippen LogP contribution in [-0.2, 0) is 0 Å². The summed E-state index contributed by atoms with van der Waals surface area (Å²) in [6.07, 6.45) is 3.66. The third-order valence-corrected chi connectivity index (χ3v) is 4.56. The molecule has 2 heterocycles. The summed E-state index contributed by atoms with van der Waals surface area (Å²) in [4.78, 5) is 11.9. The number of rotatable bonds is 3. The second kappa shape index (κ2) is 7.01. The predicted octanol–water partition coefficient (Wildman–Crippen LogP) is 4.94. The van der Waals surface area contributed by atoms with Crippen molar-refractivity contribution >= 4 is 5.82 Å². The molecule has 2 aromatic carbocycles. The van der Waals surface area contributed by atoms with E-state index in [9.17, 15) is 4.39 Å². The summed E-state index contributed by atoms with van der Waals surface area (Å²) in [5, 5.41) is 0. The zero-order valence-corrected chi connectivity index (χ0v) is 14.0. The van der Waals surface area contributed by atoms with E-state index in [1.54, 1.807) is 12.1 Å². The lowest BCUT2D eigenvalue weighted by Crippen LogP contribution is -2.30. The molecule has 126 valence electrons. The SMILES string of the molecule is Fc1ccc(-c2cc(N3CCCCC3)nc(-c3ccccc3)n2)cc1. The Labute approximate surface area is 147 Å². The van der Waals surface area contributed by atoms with Crippen LogP contribution in [-0.4, -0.2) is 23.1 Å². The van der Waals surface area contributed by atoms with Gasteiger partial charge in [0.15, 0.2) is 5.82 Å². The number of hydrogen-bond acceptors (Lipinski definition) is 3. The molecule has 0 bridgehead atoms. The minimum absolute atomic E-state index is 0.239. The average molecular weight is 333 g/mol. The number of halogens is 1. The van der Waals surface area contributed by atoms with E-state index < -0.39 is 0 Å². The van der Waals surface area contributed by atoms with Gasteiger partial charge in [-0.15, -0.1) is 0 Å². The van der Waals surface area contributed by atoms with E-state index in [0.29, 0.717) is 5.82 Å². The van der Waals surface area contributed by atoms with E-state index in [1.165, 1.54) is 31.4 Å². The minimum Gasteiger partial charge on any atom is -0.356 e. The highest BCUT2D eigenvalue weighted by Gasteiger charge is 2.16. The molecule has 0 atom stereocenters. The zero-order valence-electron chi connectivity index (χ0n) is 14.0. The topological polar surface area (TPSA) is 29.0 Å². The number of aromatic nitrogens is 2. The van der Waals surface area contributed by atoms with Crippen molar-refractivity contribution in [2.24, 2.45) is 0 Å². The van der Waals surface area contributed by atoms with Crippen LogP contribution < -0.4 is 4.90 Å². The zero-order chi connectivity index (χ0) is 17.1. The van der Waals surface area contributed by atoms with E-state index in [1.807, 2.05) is 36.4 Å². The standard InChI is InChI=1S/C21H20FN3/c22-18-11-9-16(10-12-18)19-15-20(25-13-5-2-6-14-25)24-21(23-19)17-7-3-1-4-8-17/h1,3-4,7-12,15H,2,5-6,13-14H2. The minimum atomic E-state index is -0.239. The van der Waals surface area contributed by atoms with Crippen molar-refractivity contribution in [1.29, 1.82) is 0 Å². The first-order valence-electron chi connectivity index (χ1n) is 8.75. The van der Waals surface area contributed by atoms with Crippen LogP contribution in [0.3, 0.4) is 0 Å². The van der Waals surface area contributed by atoms with E-state index >= 15 is 0 Å². The van der Waals surface area contributed by atoms with Gasteiger partial charge in [-0.05, 0) is 43.5 Å². The molecule has 4 rings (SSSR count). The molecule has 0 N–H and O–H groups in total. The molecule has 25 heavy (non-hydrogen) atoms. The molecule has 1 aliphatic heterocycles. The fourth-order valence-electron chi connectivity index (χ4n) is 3.20. The Morgan fingerprint density at radius 2 is 1.48 bits per heavy atom. The third kappa shape index (κ3) is 3.53. The van der Waals surface area contributed by atoms with Crippen LogP contribution in [0.15, 0.2) is 60.7 Å². The fraction of sp³-hybridized carbons (Fsp3) is 0.238. The first kappa shape index (κ1) is 15.8. The maximum atomic E-state index is 13.3. The highest BCUT2D eigenvalue weighted by Crippen LogP contribution is 2.27. The van der Waals surface area contributed by atoms with Gasteiger partial charge in [0.05, 0.1) is 5.69 Å². The normalized spacial score (nSPS) is 14.5. The number of benzene rings is 2. The lowest BCUT2D eigenvalue weighted by atomic mass is 10.1. The van der Waals surface area contributed by atoms with Crippen molar-refractivity contribution in [3.8, 4) is 22.6 Å². The maximum absolute atomic E-state index is 13.3. The van der Waals surface area contributed by atoms with E-state index in [-0.39, 0.29) is 5.82 Å². The summed E-state index contributed by atoms with van der Waals surface area (Å²) in [7, 11) is 0. The Hall–Kier alpha value is -2.75. The second-order valence-electron chi connectivity index (χ2n) is 6.36. The molecule has 4 heteroatoms. The number of anilines is 1. The first-order chi connectivity index (χ1) is 12.3. The molecule has 0 aliphatic carbocycles. The Kier molecular flexibility index (Phi) is 4.42. The molecule has 0 spiro atoms. The maximum Gasteiger partial charge on any atom is 0.162 e. The molecule has 1 fully saturated rings. The van der Waals surface area contributed by atoms with Gasteiger partial charge in [0.2, 0.25) is 0 Å². The Morgan fingerprint density at radius 3 is 2.20 bits per heavy atom. The molecule has 0 radical (unpaired) electrons. The number of piperidine rings is 1. The van der Waals surface area contributed by atoms with Crippen LogP contribution in [0.25, 0.3) is 22.6 Å². The van der Waals surface area contributed by atoms with Gasteiger partial charge in [-0.1, -0.05) is 30.3 Å². The second-order valence-corrected chi connectivity index (χ2v) is 6.36. The van der Waals surface area contributed by atoms with Crippen molar-refractivity contribution in [3.05, 3.63) is 66.5 Å². The lowest BCUT2D eigenvalue weighted by Gasteiger charge is -2.28. The van der Waals surface area contributed by atoms with Gasteiger partial charge in [-0.2, -0.15) is 0 Å². The van der Waals surface area contributed by atoms with Gasteiger partial charge in [0.25, 0.3) is 0 Å². The van der Waals surface area contributed by atoms with Crippen LogP contribution in [0.1, 0.15) is 19.3 Å². The molecule has 0 amide bonds. The van der Waals surface area contributed by atoms with Gasteiger partial charge in [-0.25, -0.2) is 14.4 Å². The van der Waals surface area contributed by atoms with Crippen LogP contribution >= 0.6 is 0 Å². The van der Waals surface area contributed by atoms with Crippen molar-refractivity contribution in [2.75, 3.05) is 18.0 Å². The third-order valence-electron chi connectivity index (χ3n) is 4.56. The van der Waals surface area contributed by atoms with Crippen molar-refractivity contribution in [2.45, 2.75) is 19.3 Å². The molecule has 0 unspecified atom stereocenters. The highest BCUT2D eigenvalue weighted by atomic mass is 19.1. The summed E-state index contributed by atoms with van der Waals surface area (Å²) in [6, 6.07) is 18.5. The lowest BCUT2D eigenvalue weighted by molar-refractivity contribution is 0.573. The Morgan fingerprint density at radius 1 is 0.760 bits per heavy atom. The monoisotopic (exact) mass is 333 g/mol. The molecule has 1 aliphatic rings. The quantitative estimate of drug-likeness (QED) is 0.680. The molecular formula is C21H20FN3. The van der Waals surface area contributed by atoms with Crippen molar-refractivity contribution < 1.29 is 4.39 Å². The van der Waals surface area contributed by atoms with E-state index in [0.717, 1.165) is 35.7 Å². The van der Waals surface area contributed by atoms with Crippen LogP contribution in [0.2, 0.25) is 0 Å². The van der Waals surface area contributed by atoms with Gasteiger partial charge < -0.3 is 4.90 Å². The largest absolute Gasteiger partial charge is 0.356 e. The summed E-state index contributed by atoms with van der Waals surface area (Å²) >= 11 is 0. The highest BCUT2D eigenvalue weighted by molar-refractivity contribution is 5.68. The molecule has 3 nitrogen and oxygen atoms in total. The van der Waals surface area contributed by atoms with Gasteiger partial charge >= 0.3 is 0 Å². The summed E-state index contributed by atoms with van der Waals surface area (Å²) in [5.74, 6) is 1.42. The fourth-order valence-corrected chi connectivity index (χ4v) is 3.20. The van der Waals surface area contributed by atoms with Crippen LogP contribution in [0.4, 0.5) is 10.2 Å². The molecular weight excluding hydrogens is 313 g/mol. The molecule has 1 aromatic heterocycles. The molecule has 1 saturated heterocycles. The van der Waals surface area contributed by atoms with Gasteiger partial charge in [-0.3, -0.25) is 0 Å². The summed E-state index contributed by atoms with van der Waals surface area (Å²) in [6.45, 7) is 2.04. The number of nitrogens with zero attached hydrogens (tertiary/aromatic N) is 3. The Balaban J connectivity index is 1.81. The van der Waals surface area contributed by atoms with E-state index in [4.69, 9.17) is 9.97 Å². The molecule has 3 aromatic rings. The van der Waals surface area contributed by atoms with Crippen molar-refractivity contribution in [3.63, 3.8) is 0 Å². The predicted molar refractivity (Wildman–Crippen MR) is 98.9 cm³/mol. The van der Waals surface area contributed by atoms with Gasteiger partial charge in [0.1, 0.15) is 11.6 Å². The van der Waals surface area contributed by atoms with Crippen LogP contribution in [0.5, 0.6) is 0 Å². The molecule has 0 saturated carbocycles. The average Bonchev–Trinajstić information content (AvgIpc) is 2.69. The Bertz CT molecular complexity index is 841.